The van der Waals surface area contributed by atoms with E-state index in [2.05, 4.69) is 10.6 Å². The van der Waals surface area contributed by atoms with Crippen LogP contribution in [0.25, 0.3) is 0 Å². The normalized spacial score (nSPS) is 13.4. The molecular formula is C22H25F2N3O2. The molecule has 5 nitrogen and oxygen atoms in total. The Hall–Kier alpha value is -2.80. The first-order chi connectivity index (χ1) is 13.8. The lowest BCUT2D eigenvalue weighted by Gasteiger charge is -2.22. The number of benzene rings is 2. The molecule has 1 aliphatic rings. The number of carbonyl (C=O) groups excluding carboxylic acids is 2. The van der Waals surface area contributed by atoms with E-state index in [-0.39, 0.29) is 30.5 Å². The van der Waals surface area contributed by atoms with Gasteiger partial charge in [-0.2, -0.15) is 0 Å². The molecule has 0 spiro atoms. The van der Waals surface area contributed by atoms with E-state index in [4.69, 9.17) is 0 Å². The molecular weight excluding hydrogens is 376 g/mol. The molecule has 0 atom stereocenters. The van der Waals surface area contributed by atoms with Gasteiger partial charge in [0.25, 0.3) is 0 Å². The van der Waals surface area contributed by atoms with Crippen molar-refractivity contribution in [2.75, 3.05) is 23.7 Å². The summed E-state index contributed by atoms with van der Waals surface area (Å²) >= 11 is 0. The SMILES string of the molecule is Cc1cccc(C)c1NC(=O)CN(CCC(=O)Nc1ccc(F)c(F)c1)C1CC1. The first-order valence-electron chi connectivity index (χ1n) is 9.68. The average molecular weight is 401 g/mol. The van der Waals surface area contributed by atoms with Crippen LogP contribution in [-0.2, 0) is 9.59 Å². The highest BCUT2D eigenvalue weighted by atomic mass is 19.2. The van der Waals surface area contributed by atoms with E-state index < -0.39 is 11.6 Å². The van der Waals surface area contributed by atoms with Crippen molar-refractivity contribution in [1.29, 1.82) is 0 Å². The maximum absolute atomic E-state index is 13.3. The predicted molar refractivity (Wildman–Crippen MR) is 109 cm³/mol. The number of rotatable bonds is 8. The lowest BCUT2D eigenvalue weighted by Crippen LogP contribution is -2.37. The molecule has 7 heteroatoms. The quantitative estimate of drug-likeness (QED) is 0.703. The van der Waals surface area contributed by atoms with E-state index >= 15 is 0 Å². The van der Waals surface area contributed by atoms with Gasteiger partial charge in [-0.05, 0) is 49.9 Å². The molecule has 0 heterocycles. The van der Waals surface area contributed by atoms with Crippen molar-refractivity contribution in [3.63, 3.8) is 0 Å². The van der Waals surface area contributed by atoms with Gasteiger partial charge in [0.15, 0.2) is 11.6 Å². The van der Waals surface area contributed by atoms with Crippen LogP contribution in [0.3, 0.4) is 0 Å². The zero-order chi connectivity index (χ0) is 21.0. The van der Waals surface area contributed by atoms with Crippen LogP contribution >= 0.6 is 0 Å². The Morgan fingerprint density at radius 2 is 1.69 bits per heavy atom. The summed E-state index contributed by atoms with van der Waals surface area (Å²) in [4.78, 5) is 26.7. The number of hydrogen-bond donors (Lipinski definition) is 2. The van der Waals surface area contributed by atoms with Gasteiger partial charge in [0.2, 0.25) is 11.8 Å². The van der Waals surface area contributed by atoms with E-state index in [1.807, 2.05) is 36.9 Å². The number of nitrogens with one attached hydrogen (secondary N) is 2. The highest BCUT2D eigenvalue weighted by Gasteiger charge is 2.30. The fourth-order valence-corrected chi connectivity index (χ4v) is 3.25. The van der Waals surface area contributed by atoms with Crippen molar-refractivity contribution < 1.29 is 18.4 Å². The Morgan fingerprint density at radius 3 is 2.31 bits per heavy atom. The van der Waals surface area contributed by atoms with Gasteiger partial charge in [-0.25, -0.2) is 8.78 Å². The van der Waals surface area contributed by atoms with Gasteiger partial charge in [-0.3, -0.25) is 14.5 Å². The van der Waals surface area contributed by atoms with E-state index in [9.17, 15) is 18.4 Å². The van der Waals surface area contributed by atoms with Crippen LogP contribution in [0.5, 0.6) is 0 Å². The van der Waals surface area contributed by atoms with Crippen LogP contribution < -0.4 is 10.6 Å². The van der Waals surface area contributed by atoms with Crippen molar-refractivity contribution in [2.45, 2.75) is 39.2 Å². The second-order valence-electron chi connectivity index (χ2n) is 7.44. The first kappa shape index (κ1) is 20.9. The van der Waals surface area contributed by atoms with Gasteiger partial charge in [-0.1, -0.05) is 18.2 Å². The topological polar surface area (TPSA) is 61.4 Å². The summed E-state index contributed by atoms with van der Waals surface area (Å²) in [6.45, 7) is 4.52. The summed E-state index contributed by atoms with van der Waals surface area (Å²) in [5.74, 6) is -2.39. The molecule has 3 rings (SSSR count). The Bertz CT molecular complexity index is 893. The molecule has 29 heavy (non-hydrogen) atoms. The van der Waals surface area contributed by atoms with E-state index in [0.29, 0.717) is 12.6 Å². The van der Waals surface area contributed by atoms with Crippen LogP contribution in [0.4, 0.5) is 20.2 Å². The van der Waals surface area contributed by atoms with Crippen LogP contribution in [0.2, 0.25) is 0 Å². The molecule has 2 amide bonds. The van der Waals surface area contributed by atoms with Crippen molar-refractivity contribution in [3.05, 3.63) is 59.2 Å². The van der Waals surface area contributed by atoms with Crippen molar-refractivity contribution in [2.24, 2.45) is 0 Å². The van der Waals surface area contributed by atoms with E-state index in [1.165, 1.54) is 6.07 Å². The molecule has 1 fully saturated rings. The Kier molecular flexibility index (Phi) is 6.59. The highest BCUT2D eigenvalue weighted by Crippen LogP contribution is 2.27. The van der Waals surface area contributed by atoms with E-state index in [1.54, 1.807) is 0 Å². The second-order valence-corrected chi connectivity index (χ2v) is 7.44. The average Bonchev–Trinajstić information content (AvgIpc) is 3.50. The minimum Gasteiger partial charge on any atom is -0.326 e. The largest absolute Gasteiger partial charge is 0.326 e. The molecule has 0 aromatic heterocycles. The smallest absolute Gasteiger partial charge is 0.238 e. The Balaban J connectivity index is 1.53. The minimum atomic E-state index is -1.01. The van der Waals surface area contributed by atoms with Gasteiger partial charge in [0.1, 0.15) is 0 Å². The summed E-state index contributed by atoms with van der Waals surface area (Å²) in [5, 5.41) is 5.53. The molecule has 1 aliphatic carbocycles. The van der Waals surface area contributed by atoms with Crippen molar-refractivity contribution in [1.82, 2.24) is 4.90 Å². The monoisotopic (exact) mass is 401 g/mol. The van der Waals surface area contributed by atoms with Gasteiger partial charge in [0.05, 0.1) is 6.54 Å². The fourth-order valence-electron chi connectivity index (χ4n) is 3.25. The predicted octanol–water partition coefficient (Wildman–Crippen LogP) is 4.01. The third kappa shape index (κ3) is 5.84. The minimum absolute atomic E-state index is 0.115. The summed E-state index contributed by atoms with van der Waals surface area (Å²) in [5.41, 5.74) is 3.04. The molecule has 0 unspecified atom stereocenters. The molecule has 154 valence electrons. The number of carbonyl (C=O) groups is 2. The number of para-hydroxylation sites is 1. The molecule has 0 aliphatic heterocycles. The van der Waals surface area contributed by atoms with Crippen molar-refractivity contribution in [3.8, 4) is 0 Å². The first-order valence-corrected chi connectivity index (χ1v) is 9.68. The summed E-state index contributed by atoms with van der Waals surface area (Å²) < 4.78 is 26.2. The lowest BCUT2D eigenvalue weighted by molar-refractivity contribution is -0.119. The third-order valence-corrected chi connectivity index (χ3v) is 4.98. The highest BCUT2D eigenvalue weighted by molar-refractivity contribution is 5.94. The number of amides is 2. The zero-order valence-electron chi connectivity index (χ0n) is 16.6. The number of halogens is 2. The maximum atomic E-state index is 13.3. The number of hydrogen-bond acceptors (Lipinski definition) is 3. The van der Waals surface area contributed by atoms with Gasteiger partial charge in [0, 0.05) is 36.4 Å². The van der Waals surface area contributed by atoms with Crippen molar-refractivity contribution >= 4 is 23.2 Å². The summed E-state index contributed by atoms with van der Waals surface area (Å²) in [7, 11) is 0. The van der Waals surface area contributed by atoms with Crippen LogP contribution in [0.1, 0.15) is 30.4 Å². The number of nitrogens with zero attached hydrogens (tertiary/aromatic N) is 1. The second kappa shape index (κ2) is 9.13. The zero-order valence-corrected chi connectivity index (χ0v) is 16.6. The molecule has 1 saturated carbocycles. The molecule has 0 saturated heterocycles. The molecule has 2 aromatic carbocycles. The van der Waals surface area contributed by atoms with Gasteiger partial charge >= 0.3 is 0 Å². The molecule has 2 aromatic rings. The lowest BCUT2D eigenvalue weighted by atomic mass is 10.1. The van der Waals surface area contributed by atoms with Crippen LogP contribution in [0.15, 0.2) is 36.4 Å². The summed E-state index contributed by atoms with van der Waals surface area (Å²) in [6.07, 6.45) is 2.16. The van der Waals surface area contributed by atoms with Crippen LogP contribution in [-0.4, -0.2) is 35.8 Å². The fraction of sp³-hybridized carbons (Fsp3) is 0.364. The van der Waals surface area contributed by atoms with Gasteiger partial charge in [-0.15, -0.1) is 0 Å². The third-order valence-electron chi connectivity index (χ3n) is 4.98. The molecule has 2 N–H and O–H groups in total. The van der Waals surface area contributed by atoms with Gasteiger partial charge < -0.3 is 10.6 Å². The van der Waals surface area contributed by atoms with Crippen LogP contribution in [0, 0.1) is 25.5 Å². The number of anilines is 2. The number of aryl methyl sites for hydroxylation is 2. The standard InChI is InChI=1S/C22H25F2N3O2/c1-14-4-3-5-15(2)22(14)26-21(29)13-27(17-7-8-17)11-10-20(28)25-16-6-9-18(23)19(24)12-16/h3-6,9,12,17H,7-8,10-11,13H2,1-2H3,(H,25,28)(H,26,29). The Labute approximate surface area is 169 Å². The molecule has 0 bridgehead atoms. The Morgan fingerprint density at radius 1 is 1.00 bits per heavy atom. The maximum Gasteiger partial charge on any atom is 0.238 e. The molecule has 0 radical (unpaired) electrons. The van der Waals surface area contributed by atoms with E-state index in [0.717, 1.165) is 41.8 Å². The summed E-state index contributed by atoms with van der Waals surface area (Å²) in [6, 6.07) is 9.38.